The maximum absolute atomic E-state index is 12.4. The van der Waals surface area contributed by atoms with Gasteiger partial charge in [0.15, 0.2) is 0 Å². The summed E-state index contributed by atoms with van der Waals surface area (Å²) in [5, 5.41) is 2.79. The average molecular weight is 361 g/mol. The first-order chi connectivity index (χ1) is 9.29. The van der Waals surface area contributed by atoms with Crippen molar-refractivity contribution in [2.24, 2.45) is 0 Å². The molecule has 1 aromatic carbocycles. The first-order valence-electron chi connectivity index (χ1n) is 6.81. The molecule has 0 aliphatic heterocycles. The molecule has 0 saturated heterocycles. The van der Waals surface area contributed by atoms with Crippen LogP contribution in [0.5, 0.6) is 0 Å². The van der Waals surface area contributed by atoms with E-state index in [1.807, 2.05) is 26.0 Å². The Hall–Kier alpha value is -0.590. The summed E-state index contributed by atoms with van der Waals surface area (Å²) >= 11 is 3.43. The first-order valence-corrected chi connectivity index (χ1v) is 9.15. The van der Waals surface area contributed by atoms with Crippen molar-refractivity contribution in [2.75, 3.05) is 11.3 Å². The minimum Gasteiger partial charge on any atom is -0.313 e. The maximum atomic E-state index is 12.4. The molecule has 20 heavy (non-hydrogen) atoms. The largest absolute Gasteiger partial charge is 0.313 e. The number of sulfonamides is 1. The molecule has 6 heteroatoms. The number of anilines is 1. The standard InChI is InChI=1S/C14H21BrN2O2S/c1-9-6-10(2)14(13(15)7-9)17-20(18,19)11(3)8-16-12-4-5-12/h6-7,11-12,16-17H,4-5,8H2,1-3H3. The quantitative estimate of drug-likeness (QED) is 0.819. The van der Waals surface area contributed by atoms with E-state index in [1.54, 1.807) is 6.92 Å². The summed E-state index contributed by atoms with van der Waals surface area (Å²) in [4.78, 5) is 0. The molecule has 1 aliphatic rings. The molecule has 2 N–H and O–H groups in total. The van der Waals surface area contributed by atoms with Crippen molar-refractivity contribution in [3.05, 3.63) is 27.7 Å². The van der Waals surface area contributed by atoms with Gasteiger partial charge >= 0.3 is 0 Å². The molecule has 1 aromatic rings. The minimum absolute atomic E-state index is 0.462. The smallest absolute Gasteiger partial charge is 0.236 e. The number of halogens is 1. The molecule has 0 bridgehead atoms. The molecule has 0 spiro atoms. The molecule has 1 atom stereocenters. The van der Waals surface area contributed by atoms with E-state index in [2.05, 4.69) is 26.0 Å². The van der Waals surface area contributed by atoms with Gasteiger partial charge in [-0.05, 0) is 66.7 Å². The molecule has 2 rings (SSSR count). The van der Waals surface area contributed by atoms with Gasteiger partial charge in [-0.1, -0.05) is 6.07 Å². The molecule has 1 fully saturated rings. The van der Waals surface area contributed by atoms with Gasteiger partial charge in [0.25, 0.3) is 0 Å². The van der Waals surface area contributed by atoms with E-state index >= 15 is 0 Å². The Kier molecular flexibility index (Phi) is 4.76. The van der Waals surface area contributed by atoms with Crippen LogP contribution in [0.2, 0.25) is 0 Å². The van der Waals surface area contributed by atoms with E-state index in [-0.39, 0.29) is 0 Å². The van der Waals surface area contributed by atoms with Gasteiger partial charge in [0, 0.05) is 17.1 Å². The average Bonchev–Trinajstić information content (AvgIpc) is 3.14. The van der Waals surface area contributed by atoms with E-state index in [1.165, 1.54) is 0 Å². The third kappa shape index (κ3) is 3.96. The fraction of sp³-hybridized carbons (Fsp3) is 0.571. The zero-order chi connectivity index (χ0) is 14.9. The predicted molar refractivity (Wildman–Crippen MR) is 86.6 cm³/mol. The number of rotatable bonds is 6. The second-order valence-electron chi connectivity index (χ2n) is 5.58. The van der Waals surface area contributed by atoms with Crippen molar-refractivity contribution >= 4 is 31.6 Å². The first kappa shape index (κ1) is 15.8. The summed E-state index contributed by atoms with van der Waals surface area (Å²) in [5.74, 6) is 0. The van der Waals surface area contributed by atoms with Crippen LogP contribution in [0.15, 0.2) is 16.6 Å². The van der Waals surface area contributed by atoms with E-state index < -0.39 is 15.3 Å². The Morgan fingerprint density at radius 3 is 2.55 bits per heavy atom. The van der Waals surface area contributed by atoms with Gasteiger partial charge in [0.2, 0.25) is 10.0 Å². The molecule has 0 aromatic heterocycles. The lowest BCUT2D eigenvalue weighted by Gasteiger charge is -2.18. The molecular weight excluding hydrogens is 340 g/mol. The summed E-state index contributed by atoms with van der Waals surface area (Å²) in [6, 6.07) is 4.40. The second-order valence-corrected chi connectivity index (χ2v) is 8.53. The monoisotopic (exact) mass is 360 g/mol. The van der Waals surface area contributed by atoms with Crippen LogP contribution in [-0.4, -0.2) is 26.3 Å². The molecule has 4 nitrogen and oxygen atoms in total. The van der Waals surface area contributed by atoms with Crippen LogP contribution in [0.25, 0.3) is 0 Å². The van der Waals surface area contributed by atoms with Crippen LogP contribution in [0.3, 0.4) is 0 Å². The van der Waals surface area contributed by atoms with Crippen LogP contribution in [-0.2, 0) is 10.0 Å². The highest BCUT2D eigenvalue weighted by atomic mass is 79.9. The summed E-state index contributed by atoms with van der Waals surface area (Å²) in [5.41, 5.74) is 2.65. The third-order valence-electron chi connectivity index (χ3n) is 3.48. The van der Waals surface area contributed by atoms with Crippen LogP contribution >= 0.6 is 15.9 Å². The van der Waals surface area contributed by atoms with Crippen molar-refractivity contribution in [3.8, 4) is 0 Å². The van der Waals surface area contributed by atoms with E-state index in [4.69, 9.17) is 0 Å². The summed E-state index contributed by atoms with van der Waals surface area (Å²) < 4.78 is 28.2. The topological polar surface area (TPSA) is 58.2 Å². The number of nitrogens with one attached hydrogen (secondary N) is 2. The fourth-order valence-electron chi connectivity index (χ4n) is 2.02. The van der Waals surface area contributed by atoms with Crippen molar-refractivity contribution < 1.29 is 8.42 Å². The Labute approximate surface area is 129 Å². The van der Waals surface area contributed by atoms with Crippen molar-refractivity contribution in [1.29, 1.82) is 0 Å². The van der Waals surface area contributed by atoms with Crippen LogP contribution < -0.4 is 10.0 Å². The van der Waals surface area contributed by atoms with Gasteiger partial charge in [-0.3, -0.25) is 4.72 Å². The number of hydrogen-bond donors (Lipinski definition) is 2. The molecule has 1 saturated carbocycles. The number of benzene rings is 1. The maximum Gasteiger partial charge on any atom is 0.236 e. The lowest BCUT2D eigenvalue weighted by Crippen LogP contribution is -2.35. The normalized spacial score (nSPS) is 17.0. The van der Waals surface area contributed by atoms with Gasteiger partial charge < -0.3 is 5.32 Å². The molecule has 1 unspecified atom stereocenters. The second kappa shape index (κ2) is 6.03. The molecule has 0 heterocycles. The Bertz CT molecular complexity index is 574. The van der Waals surface area contributed by atoms with E-state index in [0.29, 0.717) is 18.3 Å². The Morgan fingerprint density at radius 1 is 1.35 bits per heavy atom. The van der Waals surface area contributed by atoms with Crippen molar-refractivity contribution in [2.45, 2.75) is 44.9 Å². The molecule has 0 radical (unpaired) electrons. The minimum atomic E-state index is -3.38. The lowest BCUT2D eigenvalue weighted by molar-refractivity contribution is 0.576. The molecular formula is C14H21BrN2O2S. The summed E-state index contributed by atoms with van der Waals surface area (Å²) in [6.45, 7) is 6.11. The van der Waals surface area contributed by atoms with Crippen LogP contribution in [0.4, 0.5) is 5.69 Å². The number of aryl methyl sites for hydroxylation is 2. The molecule has 1 aliphatic carbocycles. The SMILES string of the molecule is Cc1cc(C)c(NS(=O)(=O)C(C)CNC2CC2)c(Br)c1. The Balaban J connectivity index is 2.10. The molecule has 112 valence electrons. The summed E-state index contributed by atoms with van der Waals surface area (Å²) in [6.07, 6.45) is 2.31. The fourth-order valence-corrected chi connectivity index (χ4v) is 3.99. The Morgan fingerprint density at radius 2 is 2.00 bits per heavy atom. The summed E-state index contributed by atoms with van der Waals surface area (Å²) in [7, 11) is -3.38. The lowest BCUT2D eigenvalue weighted by atomic mass is 10.1. The number of hydrogen-bond acceptors (Lipinski definition) is 3. The van der Waals surface area contributed by atoms with Crippen molar-refractivity contribution in [1.82, 2.24) is 5.32 Å². The van der Waals surface area contributed by atoms with Gasteiger partial charge in [0.05, 0.1) is 10.9 Å². The highest BCUT2D eigenvalue weighted by Crippen LogP contribution is 2.29. The zero-order valence-electron chi connectivity index (χ0n) is 12.0. The van der Waals surface area contributed by atoms with Crippen LogP contribution in [0, 0.1) is 13.8 Å². The van der Waals surface area contributed by atoms with Crippen LogP contribution in [0.1, 0.15) is 30.9 Å². The highest BCUT2D eigenvalue weighted by molar-refractivity contribution is 9.10. The highest BCUT2D eigenvalue weighted by Gasteiger charge is 2.26. The van der Waals surface area contributed by atoms with Crippen molar-refractivity contribution in [3.63, 3.8) is 0 Å². The predicted octanol–water partition coefficient (Wildman–Crippen LogP) is 2.95. The van der Waals surface area contributed by atoms with E-state index in [0.717, 1.165) is 28.4 Å². The molecule has 0 amide bonds. The zero-order valence-corrected chi connectivity index (χ0v) is 14.4. The van der Waals surface area contributed by atoms with E-state index in [9.17, 15) is 8.42 Å². The van der Waals surface area contributed by atoms with Gasteiger partial charge in [0.1, 0.15) is 0 Å². The third-order valence-corrected chi connectivity index (χ3v) is 5.82. The van der Waals surface area contributed by atoms with Gasteiger partial charge in [-0.25, -0.2) is 8.42 Å². The van der Waals surface area contributed by atoms with Gasteiger partial charge in [-0.2, -0.15) is 0 Å². The van der Waals surface area contributed by atoms with Gasteiger partial charge in [-0.15, -0.1) is 0 Å².